The van der Waals surface area contributed by atoms with Crippen LogP contribution in [0.25, 0.3) is 10.9 Å². The zero-order valence-corrected chi connectivity index (χ0v) is 17.4. The number of rotatable bonds is 5. The van der Waals surface area contributed by atoms with Crippen LogP contribution in [0, 0.1) is 13.8 Å². The molecule has 1 fully saturated rings. The molecule has 0 bridgehead atoms. The molecule has 0 atom stereocenters. The standard InChI is InChI=1S/C21H25N5O4/c1-14-19-15(2)30-23-20(19)21(28)26(22-14)8-7-18(27)25-11-9-24(10-12-25)16-5-4-6-17(13-16)29-3/h4-6,13H,7-12H2,1-3H3. The van der Waals surface area contributed by atoms with E-state index in [1.165, 1.54) is 4.68 Å². The zero-order chi connectivity index (χ0) is 21.3. The van der Waals surface area contributed by atoms with Crippen LogP contribution in [-0.4, -0.2) is 59.0 Å². The number of methoxy groups -OCH3 is 1. The topological polar surface area (TPSA) is 93.7 Å². The van der Waals surface area contributed by atoms with Gasteiger partial charge in [-0.05, 0) is 26.0 Å². The molecule has 0 aliphatic carbocycles. The maximum absolute atomic E-state index is 12.7. The van der Waals surface area contributed by atoms with Crippen LogP contribution >= 0.6 is 0 Å². The molecule has 30 heavy (non-hydrogen) atoms. The fraction of sp³-hybridized carbons (Fsp3) is 0.429. The number of benzene rings is 1. The Kier molecular flexibility index (Phi) is 5.43. The van der Waals surface area contributed by atoms with Gasteiger partial charge in [0, 0.05) is 44.4 Å². The van der Waals surface area contributed by atoms with Gasteiger partial charge in [0.15, 0.2) is 5.52 Å². The van der Waals surface area contributed by atoms with Gasteiger partial charge in [-0.1, -0.05) is 11.2 Å². The van der Waals surface area contributed by atoms with Crippen molar-refractivity contribution in [3.05, 3.63) is 46.1 Å². The summed E-state index contributed by atoms with van der Waals surface area (Å²) in [6.45, 7) is 6.56. The molecule has 0 saturated carbocycles. The van der Waals surface area contributed by atoms with E-state index in [2.05, 4.69) is 15.2 Å². The van der Waals surface area contributed by atoms with E-state index in [1.807, 2.05) is 36.1 Å². The molecule has 2 aromatic heterocycles. The van der Waals surface area contributed by atoms with Gasteiger partial charge in [-0.2, -0.15) is 5.10 Å². The highest BCUT2D eigenvalue weighted by molar-refractivity contribution is 5.81. The summed E-state index contributed by atoms with van der Waals surface area (Å²) in [5.74, 6) is 1.41. The second-order valence-electron chi connectivity index (χ2n) is 7.40. The summed E-state index contributed by atoms with van der Waals surface area (Å²) in [6.07, 6.45) is 0.216. The van der Waals surface area contributed by atoms with Crippen LogP contribution in [0.5, 0.6) is 5.75 Å². The molecule has 0 N–H and O–H groups in total. The van der Waals surface area contributed by atoms with Crippen molar-refractivity contribution in [2.24, 2.45) is 0 Å². The summed E-state index contributed by atoms with van der Waals surface area (Å²) >= 11 is 0. The summed E-state index contributed by atoms with van der Waals surface area (Å²) < 4.78 is 11.7. The number of carbonyl (C=O) groups excluding carboxylic acids is 1. The third-order valence-electron chi connectivity index (χ3n) is 5.52. The molecule has 4 rings (SSSR count). The van der Waals surface area contributed by atoms with E-state index in [9.17, 15) is 9.59 Å². The number of anilines is 1. The zero-order valence-electron chi connectivity index (χ0n) is 17.4. The first-order valence-electron chi connectivity index (χ1n) is 9.98. The third-order valence-corrected chi connectivity index (χ3v) is 5.52. The highest BCUT2D eigenvalue weighted by Crippen LogP contribution is 2.22. The van der Waals surface area contributed by atoms with Gasteiger partial charge in [0.05, 0.1) is 24.7 Å². The lowest BCUT2D eigenvalue weighted by molar-refractivity contribution is -0.131. The second-order valence-corrected chi connectivity index (χ2v) is 7.40. The number of hydrogen-bond acceptors (Lipinski definition) is 7. The lowest BCUT2D eigenvalue weighted by Crippen LogP contribution is -2.49. The number of amides is 1. The first-order chi connectivity index (χ1) is 14.5. The molecule has 0 unspecified atom stereocenters. The largest absolute Gasteiger partial charge is 0.497 e. The predicted octanol–water partition coefficient (Wildman–Crippen LogP) is 1.75. The number of ether oxygens (including phenoxy) is 1. The molecule has 9 heteroatoms. The Balaban J connectivity index is 1.37. The molecule has 1 aliphatic heterocycles. The Morgan fingerprint density at radius 3 is 2.70 bits per heavy atom. The lowest BCUT2D eigenvalue weighted by Gasteiger charge is -2.36. The minimum absolute atomic E-state index is 0.0167. The first kappa shape index (κ1) is 19.9. The Hall–Kier alpha value is -3.36. The van der Waals surface area contributed by atoms with Crippen molar-refractivity contribution in [3.8, 4) is 5.75 Å². The van der Waals surface area contributed by atoms with Crippen molar-refractivity contribution >= 4 is 22.5 Å². The number of fused-ring (bicyclic) bond motifs is 1. The number of carbonyl (C=O) groups is 1. The van der Waals surface area contributed by atoms with Crippen LogP contribution in [0.3, 0.4) is 0 Å². The maximum Gasteiger partial charge on any atom is 0.296 e. The average Bonchev–Trinajstić information content (AvgIpc) is 3.17. The molecule has 158 valence electrons. The summed E-state index contributed by atoms with van der Waals surface area (Å²) in [5.41, 5.74) is 1.69. The molecule has 3 aromatic rings. The van der Waals surface area contributed by atoms with E-state index in [0.717, 1.165) is 24.5 Å². The van der Waals surface area contributed by atoms with Crippen molar-refractivity contribution in [3.63, 3.8) is 0 Å². The Morgan fingerprint density at radius 1 is 1.20 bits per heavy atom. The minimum atomic E-state index is -0.330. The van der Waals surface area contributed by atoms with E-state index in [4.69, 9.17) is 9.26 Å². The van der Waals surface area contributed by atoms with E-state index < -0.39 is 0 Å². The predicted molar refractivity (Wildman–Crippen MR) is 112 cm³/mol. The van der Waals surface area contributed by atoms with E-state index in [0.29, 0.717) is 29.9 Å². The Bertz CT molecular complexity index is 1130. The van der Waals surface area contributed by atoms with Gasteiger partial charge in [-0.15, -0.1) is 0 Å². The van der Waals surface area contributed by atoms with Crippen molar-refractivity contribution < 1.29 is 14.1 Å². The highest BCUT2D eigenvalue weighted by atomic mass is 16.5. The van der Waals surface area contributed by atoms with Gasteiger partial charge in [0.1, 0.15) is 11.5 Å². The lowest BCUT2D eigenvalue weighted by atomic mass is 10.2. The van der Waals surface area contributed by atoms with Crippen LogP contribution in [-0.2, 0) is 11.3 Å². The average molecular weight is 411 g/mol. The van der Waals surface area contributed by atoms with Gasteiger partial charge >= 0.3 is 0 Å². The monoisotopic (exact) mass is 411 g/mol. The molecular weight excluding hydrogens is 386 g/mol. The van der Waals surface area contributed by atoms with Crippen LogP contribution in [0.15, 0.2) is 33.6 Å². The Labute approximate surface area is 173 Å². The Morgan fingerprint density at radius 2 is 1.97 bits per heavy atom. The normalized spacial score (nSPS) is 14.4. The quantitative estimate of drug-likeness (QED) is 0.631. The highest BCUT2D eigenvalue weighted by Gasteiger charge is 2.22. The molecule has 3 heterocycles. The second kappa shape index (κ2) is 8.17. The van der Waals surface area contributed by atoms with Crippen LogP contribution < -0.4 is 15.2 Å². The molecular formula is C21H25N5O4. The van der Waals surface area contributed by atoms with Gasteiger partial charge in [-0.3, -0.25) is 9.59 Å². The van der Waals surface area contributed by atoms with Crippen molar-refractivity contribution in [2.75, 3.05) is 38.2 Å². The summed E-state index contributed by atoms with van der Waals surface area (Å²) in [5, 5.41) is 8.83. The van der Waals surface area contributed by atoms with Gasteiger partial charge < -0.3 is 19.1 Å². The van der Waals surface area contributed by atoms with Gasteiger partial charge in [0.2, 0.25) is 5.91 Å². The van der Waals surface area contributed by atoms with E-state index in [1.54, 1.807) is 14.0 Å². The number of aromatic nitrogens is 3. The van der Waals surface area contributed by atoms with Crippen LogP contribution in [0.4, 0.5) is 5.69 Å². The van der Waals surface area contributed by atoms with Gasteiger partial charge in [-0.25, -0.2) is 4.68 Å². The van der Waals surface area contributed by atoms with E-state index in [-0.39, 0.29) is 29.9 Å². The molecule has 1 amide bonds. The minimum Gasteiger partial charge on any atom is -0.497 e. The smallest absolute Gasteiger partial charge is 0.296 e. The molecule has 9 nitrogen and oxygen atoms in total. The number of nitrogens with zero attached hydrogens (tertiary/aromatic N) is 5. The SMILES string of the molecule is COc1cccc(N2CCN(C(=O)CCn3nc(C)c4c(C)onc4c3=O)CC2)c1. The molecule has 0 radical (unpaired) electrons. The maximum atomic E-state index is 12.7. The third kappa shape index (κ3) is 3.74. The fourth-order valence-corrected chi connectivity index (χ4v) is 3.88. The van der Waals surface area contributed by atoms with Crippen LogP contribution in [0.2, 0.25) is 0 Å². The molecule has 0 spiro atoms. The summed E-state index contributed by atoms with van der Waals surface area (Å²) in [6, 6.07) is 7.92. The summed E-state index contributed by atoms with van der Waals surface area (Å²) in [7, 11) is 1.65. The number of aryl methyl sites for hydroxylation is 3. The van der Waals surface area contributed by atoms with Crippen molar-refractivity contribution in [2.45, 2.75) is 26.8 Å². The van der Waals surface area contributed by atoms with Crippen molar-refractivity contribution in [1.29, 1.82) is 0 Å². The summed E-state index contributed by atoms with van der Waals surface area (Å²) in [4.78, 5) is 29.3. The molecule has 1 aromatic carbocycles. The number of hydrogen-bond donors (Lipinski definition) is 0. The van der Waals surface area contributed by atoms with Crippen LogP contribution in [0.1, 0.15) is 17.9 Å². The van der Waals surface area contributed by atoms with Crippen molar-refractivity contribution in [1.82, 2.24) is 19.8 Å². The molecule has 1 aliphatic rings. The van der Waals surface area contributed by atoms with Gasteiger partial charge in [0.25, 0.3) is 5.56 Å². The fourth-order valence-electron chi connectivity index (χ4n) is 3.88. The molecule has 1 saturated heterocycles. The van der Waals surface area contributed by atoms with E-state index >= 15 is 0 Å². The first-order valence-corrected chi connectivity index (χ1v) is 9.98. The number of piperazine rings is 1.